The smallest absolute Gasteiger partial charge is 0.119 e. The number of hydrogen-bond acceptors (Lipinski definition) is 2. The Balaban J connectivity index is 2.13. The highest BCUT2D eigenvalue weighted by molar-refractivity contribution is 5.31. The molecule has 0 radical (unpaired) electrons. The van der Waals surface area contributed by atoms with Crippen molar-refractivity contribution in [3.05, 3.63) is 29.8 Å². The molecule has 1 aromatic rings. The van der Waals surface area contributed by atoms with Crippen LogP contribution in [0.2, 0.25) is 0 Å². The van der Waals surface area contributed by atoms with Crippen LogP contribution in [0.1, 0.15) is 24.3 Å². The highest BCUT2D eigenvalue weighted by Crippen LogP contribution is 2.28. The molecular weight excluding hydrogens is 186 g/mol. The summed E-state index contributed by atoms with van der Waals surface area (Å²) >= 11 is 0. The predicted octanol–water partition coefficient (Wildman–Crippen LogP) is 2.50. The Labute approximate surface area is 91.9 Å². The van der Waals surface area contributed by atoms with Crippen molar-refractivity contribution in [3.63, 3.8) is 0 Å². The summed E-state index contributed by atoms with van der Waals surface area (Å²) in [6.07, 6.45) is 2.61. The molecule has 1 saturated heterocycles. The summed E-state index contributed by atoms with van der Waals surface area (Å²) in [4.78, 5) is 2.41. The maximum absolute atomic E-state index is 5.26. The Bertz CT molecular complexity index is 324. The van der Waals surface area contributed by atoms with E-state index in [1.807, 2.05) is 6.07 Å². The van der Waals surface area contributed by atoms with E-state index in [1.165, 1.54) is 31.5 Å². The van der Waals surface area contributed by atoms with Crippen molar-refractivity contribution in [2.45, 2.75) is 18.8 Å². The fourth-order valence-electron chi connectivity index (χ4n) is 2.33. The Morgan fingerprint density at radius 2 is 2.27 bits per heavy atom. The quantitative estimate of drug-likeness (QED) is 0.735. The summed E-state index contributed by atoms with van der Waals surface area (Å²) in [5.41, 5.74) is 1.42. The lowest BCUT2D eigenvalue weighted by molar-refractivity contribution is 0.250. The summed E-state index contributed by atoms with van der Waals surface area (Å²) in [5, 5.41) is 0. The highest BCUT2D eigenvalue weighted by Gasteiger charge is 2.18. The lowest BCUT2D eigenvalue weighted by atomic mass is 9.91. The average Bonchev–Trinajstić information content (AvgIpc) is 2.29. The van der Waals surface area contributed by atoms with Gasteiger partial charge in [0, 0.05) is 6.54 Å². The third kappa shape index (κ3) is 2.51. The third-order valence-electron chi connectivity index (χ3n) is 3.19. The number of benzene rings is 1. The van der Waals surface area contributed by atoms with Gasteiger partial charge in [-0.2, -0.15) is 0 Å². The number of methoxy groups -OCH3 is 1. The molecule has 1 fully saturated rings. The van der Waals surface area contributed by atoms with Crippen molar-refractivity contribution in [3.8, 4) is 5.75 Å². The zero-order valence-electron chi connectivity index (χ0n) is 9.57. The van der Waals surface area contributed by atoms with E-state index >= 15 is 0 Å². The normalized spacial score (nSPS) is 22.7. The molecule has 0 aromatic heterocycles. The molecular formula is C13H19NO. The largest absolute Gasteiger partial charge is 0.497 e. The Kier molecular flexibility index (Phi) is 3.27. The van der Waals surface area contributed by atoms with E-state index in [-0.39, 0.29) is 0 Å². The molecule has 0 unspecified atom stereocenters. The van der Waals surface area contributed by atoms with Crippen molar-refractivity contribution < 1.29 is 4.74 Å². The van der Waals surface area contributed by atoms with E-state index in [2.05, 4.69) is 30.1 Å². The molecule has 1 atom stereocenters. The first-order chi connectivity index (χ1) is 7.29. The van der Waals surface area contributed by atoms with Gasteiger partial charge in [0.1, 0.15) is 5.75 Å². The Morgan fingerprint density at radius 1 is 1.40 bits per heavy atom. The monoisotopic (exact) mass is 205 g/mol. The molecule has 1 aliphatic heterocycles. The van der Waals surface area contributed by atoms with Crippen LogP contribution in [0.25, 0.3) is 0 Å². The molecule has 0 N–H and O–H groups in total. The van der Waals surface area contributed by atoms with Crippen molar-refractivity contribution in [2.24, 2.45) is 0 Å². The minimum atomic E-state index is 0.679. The molecule has 2 heteroatoms. The van der Waals surface area contributed by atoms with Gasteiger partial charge < -0.3 is 9.64 Å². The van der Waals surface area contributed by atoms with Crippen LogP contribution in [0.3, 0.4) is 0 Å². The zero-order chi connectivity index (χ0) is 10.7. The molecule has 1 heterocycles. The van der Waals surface area contributed by atoms with Crippen LogP contribution < -0.4 is 4.74 Å². The number of rotatable bonds is 2. The molecule has 1 aliphatic rings. The van der Waals surface area contributed by atoms with Crippen LogP contribution in [0.5, 0.6) is 5.75 Å². The van der Waals surface area contributed by atoms with E-state index in [9.17, 15) is 0 Å². The maximum Gasteiger partial charge on any atom is 0.119 e. The van der Waals surface area contributed by atoms with Gasteiger partial charge in [-0.3, -0.25) is 0 Å². The van der Waals surface area contributed by atoms with Crippen molar-refractivity contribution in [2.75, 3.05) is 27.2 Å². The molecule has 0 spiro atoms. The Hall–Kier alpha value is -1.02. The second-order valence-electron chi connectivity index (χ2n) is 4.38. The second kappa shape index (κ2) is 4.67. The maximum atomic E-state index is 5.26. The lowest BCUT2D eigenvalue weighted by Crippen LogP contribution is -2.30. The fraction of sp³-hybridized carbons (Fsp3) is 0.538. The van der Waals surface area contributed by atoms with Crippen LogP contribution in [0, 0.1) is 0 Å². The van der Waals surface area contributed by atoms with Gasteiger partial charge in [-0.05, 0) is 50.0 Å². The van der Waals surface area contributed by atoms with Gasteiger partial charge in [0.15, 0.2) is 0 Å². The number of hydrogen-bond donors (Lipinski definition) is 0. The SMILES string of the molecule is COc1cccc([C@H]2CCCN(C)C2)c1. The van der Waals surface area contributed by atoms with Gasteiger partial charge in [0.25, 0.3) is 0 Å². The van der Waals surface area contributed by atoms with Crippen LogP contribution >= 0.6 is 0 Å². The molecule has 1 aromatic carbocycles. The molecule has 82 valence electrons. The van der Waals surface area contributed by atoms with Crippen LogP contribution in [0.15, 0.2) is 24.3 Å². The molecule has 0 aliphatic carbocycles. The summed E-state index contributed by atoms with van der Waals surface area (Å²) < 4.78 is 5.26. The van der Waals surface area contributed by atoms with Gasteiger partial charge in [0.05, 0.1) is 7.11 Å². The van der Waals surface area contributed by atoms with E-state index in [4.69, 9.17) is 4.74 Å². The third-order valence-corrected chi connectivity index (χ3v) is 3.19. The summed E-state index contributed by atoms with van der Waals surface area (Å²) in [6, 6.07) is 8.48. The van der Waals surface area contributed by atoms with Crippen molar-refractivity contribution >= 4 is 0 Å². The highest BCUT2D eigenvalue weighted by atomic mass is 16.5. The van der Waals surface area contributed by atoms with Gasteiger partial charge in [0.2, 0.25) is 0 Å². The zero-order valence-corrected chi connectivity index (χ0v) is 9.57. The predicted molar refractivity (Wildman–Crippen MR) is 62.5 cm³/mol. The molecule has 0 saturated carbocycles. The van der Waals surface area contributed by atoms with Gasteiger partial charge in [-0.15, -0.1) is 0 Å². The lowest BCUT2D eigenvalue weighted by Gasteiger charge is -2.30. The fourth-order valence-corrected chi connectivity index (χ4v) is 2.33. The van der Waals surface area contributed by atoms with Crippen LogP contribution in [0.4, 0.5) is 0 Å². The first-order valence-corrected chi connectivity index (χ1v) is 5.62. The van der Waals surface area contributed by atoms with E-state index in [0.29, 0.717) is 5.92 Å². The van der Waals surface area contributed by atoms with E-state index in [1.54, 1.807) is 7.11 Å². The Morgan fingerprint density at radius 3 is 3.00 bits per heavy atom. The van der Waals surface area contributed by atoms with Crippen molar-refractivity contribution in [1.82, 2.24) is 4.90 Å². The number of likely N-dealkylation sites (tertiary alicyclic amines) is 1. The number of piperidine rings is 1. The minimum Gasteiger partial charge on any atom is -0.497 e. The number of likely N-dealkylation sites (N-methyl/N-ethyl adjacent to an activating group) is 1. The minimum absolute atomic E-state index is 0.679. The van der Waals surface area contributed by atoms with Crippen LogP contribution in [-0.4, -0.2) is 32.1 Å². The average molecular weight is 205 g/mol. The summed E-state index contributed by atoms with van der Waals surface area (Å²) in [7, 11) is 3.93. The van der Waals surface area contributed by atoms with E-state index in [0.717, 1.165) is 5.75 Å². The molecule has 0 amide bonds. The summed E-state index contributed by atoms with van der Waals surface area (Å²) in [5.74, 6) is 1.65. The standard InChI is InChI=1S/C13H19NO/c1-14-8-4-6-12(10-14)11-5-3-7-13(9-11)15-2/h3,5,7,9,12H,4,6,8,10H2,1-2H3/t12-/m0/s1. The van der Waals surface area contributed by atoms with Gasteiger partial charge in [-0.1, -0.05) is 12.1 Å². The topological polar surface area (TPSA) is 12.5 Å². The first kappa shape index (κ1) is 10.5. The van der Waals surface area contributed by atoms with Gasteiger partial charge in [-0.25, -0.2) is 0 Å². The summed E-state index contributed by atoms with van der Waals surface area (Å²) in [6.45, 7) is 2.41. The van der Waals surface area contributed by atoms with Gasteiger partial charge >= 0.3 is 0 Å². The molecule has 2 rings (SSSR count). The molecule has 2 nitrogen and oxygen atoms in total. The molecule has 0 bridgehead atoms. The van der Waals surface area contributed by atoms with Crippen LogP contribution in [-0.2, 0) is 0 Å². The first-order valence-electron chi connectivity index (χ1n) is 5.62. The van der Waals surface area contributed by atoms with Crippen molar-refractivity contribution in [1.29, 1.82) is 0 Å². The number of nitrogens with zero attached hydrogens (tertiary/aromatic N) is 1. The molecule has 15 heavy (non-hydrogen) atoms. The number of ether oxygens (including phenoxy) is 1. The second-order valence-corrected chi connectivity index (χ2v) is 4.38. The van der Waals surface area contributed by atoms with E-state index < -0.39 is 0 Å².